The van der Waals surface area contributed by atoms with E-state index >= 15 is 0 Å². The quantitative estimate of drug-likeness (QED) is 0.368. The fraction of sp³-hybridized carbons (Fsp3) is 0.462. The van der Waals surface area contributed by atoms with E-state index in [1.165, 1.54) is 29.1 Å². The summed E-state index contributed by atoms with van der Waals surface area (Å²) in [6, 6.07) is 6.65. The number of benzene rings is 1. The molecule has 0 saturated carbocycles. The number of carbonyl (C=O) groups is 2. The number of fused-ring (bicyclic) bond motifs is 1. The van der Waals surface area contributed by atoms with Gasteiger partial charge in [-0.25, -0.2) is 14.8 Å². The maximum absolute atomic E-state index is 13.9. The number of aromatic nitrogens is 2. The maximum atomic E-state index is 13.9. The highest BCUT2D eigenvalue weighted by molar-refractivity contribution is 7.22. The molecular weight excluding hydrogens is 533 g/mol. The molecule has 0 spiro atoms. The molecule has 0 atom stereocenters. The summed E-state index contributed by atoms with van der Waals surface area (Å²) in [6.07, 6.45) is -1.47. The number of nitrogens with one attached hydrogen (secondary N) is 2. The van der Waals surface area contributed by atoms with E-state index in [4.69, 9.17) is 4.74 Å². The highest BCUT2D eigenvalue weighted by atomic mass is 32.1. The Bertz CT molecular complexity index is 1390. The molecule has 2 fully saturated rings. The van der Waals surface area contributed by atoms with Crippen molar-refractivity contribution >= 4 is 39.3 Å². The van der Waals surface area contributed by atoms with Gasteiger partial charge >= 0.3 is 12.2 Å². The number of hydrogen-bond donors (Lipinski definition) is 2. The molecule has 208 valence electrons. The minimum atomic E-state index is -4.65. The summed E-state index contributed by atoms with van der Waals surface area (Å²) in [7, 11) is 0. The molecule has 2 aromatic heterocycles. The first-order valence-electron chi connectivity index (χ1n) is 12.7. The van der Waals surface area contributed by atoms with Crippen LogP contribution in [0.4, 0.5) is 23.9 Å². The van der Waals surface area contributed by atoms with Crippen LogP contribution in [-0.2, 0) is 11.0 Å². The van der Waals surface area contributed by atoms with Gasteiger partial charge in [-0.3, -0.25) is 15.0 Å². The minimum Gasteiger partial charge on any atom is -0.492 e. The number of anilines is 1. The van der Waals surface area contributed by atoms with Gasteiger partial charge in [0.25, 0.3) is 5.91 Å². The van der Waals surface area contributed by atoms with Crippen LogP contribution in [-0.4, -0.2) is 76.6 Å². The van der Waals surface area contributed by atoms with Crippen molar-refractivity contribution in [1.29, 1.82) is 0 Å². The third kappa shape index (κ3) is 5.78. The van der Waals surface area contributed by atoms with Crippen LogP contribution >= 0.6 is 11.3 Å². The summed E-state index contributed by atoms with van der Waals surface area (Å²) >= 11 is 1.21. The first-order valence-corrected chi connectivity index (χ1v) is 13.5. The molecule has 3 aromatic rings. The van der Waals surface area contributed by atoms with Gasteiger partial charge in [-0.2, -0.15) is 13.2 Å². The van der Waals surface area contributed by atoms with Crippen LogP contribution < -0.4 is 15.4 Å². The van der Waals surface area contributed by atoms with E-state index in [2.05, 4.69) is 25.5 Å². The van der Waals surface area contributed by atoms with Crippen molar-refractivity contribution in [3.05, 3.63) is 36.0 Å². The van der Waals surface area contributed by atoms with Crippen molar-refractivity contribution in [1.82, 2.24) is 25.1 Å². The molecule has 1 aromatic carbocycles. The van der Waals surface area contributed by atoms with Crippen LogP contribution in [0, 0.1) is 0 Å². The predicted octanol–water partition coefficient (Wildman–Crippen LogP) is 4.59. The van der Waals surface area contributed by atoms with Gasteiger partial charge in [-0.1, -0.05) is 0 Å². The molecule has 2 aliphatic rings. The lowest BCUT2D eigenvalue weighted by atomic mass is 10.0. The Labute approximate surface area is 227 Å². The molecule has 3 amide bonds. The van der Waals surface area contributed by atoms with Gasteiger partial charge in [0.1, 0.15) is 23.5 Å². The van der Waals surface area contributed by atoms with Crippen molar-refractivity contribution in [2.24, 2.45) is 0 Å². The van der Waals surface area contributed by atoms with E-state index in [-0.39, 0.29) is 24.7 Å². The lowest BCUT2D eigenvalue weighted by molar-refractivity contribution is -0.137. The molecule has 5 rings (SSSR count). The zero-order valence-electron chi connectivity index (χ0n) is 21.6. The molecule has 2 saturated heterocycles. The molecule has 0 bridgehead atoms. The number of hydrogen-bond acceptors (Lipinski definition) is 8. The molecule has 39 heavy (non-hydrogen) atoms. The number of urea groups is 1. The Hall–Kier alpha value is -3.45. The molecule has 4 heterocycles. The summed E-state index contributed by atoms with van der Waals surface area (Å²) < 4.78 is 48.3. The summed E-state index contributed by atoms with van der Waals surface area (Å²) in [4.78, 5) is 36.1. The SMILES string of the molecule is CC1(C)C(=O)NC(=O)N1CCNc1ncc(C(F)(F)F)c(-c2cc3cc(OCCN4CCCC4)ccc3s2)n1. The standard InChI is InChI=1S/C26H29F3N6O3S/c1-25(2)22(36)33-24(37)35(25)10-7-30-23-31-15-18(26(27,28)29)21(32-23)20-14-16-13-17(5-6-19(16)39-20)38-12-11-34-8-3-4-9-34/h5-6,13-15H,3-4,7-12H2,1-2H3,(H,30,31,32)(H,33,36,37). The second kappa shape index (κ2) is 10.6. The molecule has 0 aliphatic carbocycles. The van der Waals surface area contributed by atoms with Gasteiger partial charge < -0.3 is 15.0 Å². The first-order chi connectivity index (χ1) is 18.5. The fourth-order valence-corrected chi connectivity index (χ4v) is 5.79. The lowest BCUT2D eigenvalue weighted by Crippen LogP contribution is -2.46. The normalized spacial score (nSPS) is 17.7. The van der Waals surface area contributed by atoms with Gasteiger partial charge in [-0.15, -0.1) is 11.3 Å². The number of alkyl halides is 3. The van der Waals surface area contributed by atoms with E-state index < -0.39 is 29.2 Å². The number of thiophene rings is 1. The van der Waals surface area contributed by atoms with Gasteiger partial charge in [0.05, 0.1) is 10.6 Å². The van der Waals surface area contributed by atoms with E-state index in [9.17, 15) is 22.8 Å². The Morgan fingerprint density at radius 2 is 1.92 bits per heavy atom. The van der Waals surface area contributed by atoms with Gasteiger partial charge in [-0.05, 0) is 69.4 Å². The highest BCUT2D eigenvalue weighted by Gasteiger charge is 2.45. The molecule has 0 radical (unpaired) electrons. The topological polar surface area (TPSA) is 99.7 Å². The van der Waals surface area contributed by atoms with Gasteiger partial charge in [0, 0.05) is 30.5 Å². The van der Waals surface area contributed by atoms with Crippen LogP contribution in [0.25, 0.3) is 20.7 Å². The number of ether oxygens (including phenoxy) is 1. The predicted molar refractivity (Wildman–Crippen MR) is 142 cm³/mol. The third-order valence-corrected chi connectivity index (χ3v) is 8.13. The second-order valence-corrected chi connectivity index (χ2v) is 11.1. The molecular formula is C26H29F3N6O3S. The number of carbonyl (C=O) groups excluding carboxylic acids is 2. The van der Waals surface area contributed by atoms with Crippen LogP contribution in [0.5, 0.6) is 5.75 Å². The average molecular weight is 563 g/mol. The largest absolute Gasteiger partial charge is 0.492 e. The lowest BCUT2D eigenvalue weighted by Gasteiger charge is -2.27. The summed E-state index contributed by atoms with van der Waals surface area (Å²) in [5, 5.41) is 5.90. The van der Waals surface area contributed by atoms with Crippen molar-refractivity contribution in [2.75, 3.05) is 44.6 Å². The molecule has 2 N–H and O–H groups in total. The molecule has 0 unspecified atom stereocenters. The Morgan fingerprint density at radius 1 is 1.15 bits per heavy atom. The number of nitrogens with zero attached hydrogens (tertiary/aromatic N) is 4. The second-order valence-electron chi connectivity index (χ2n) is 10.1. The van der Waals surface area contributed by atoms with Crippen molar-refractivity contribution in [2.45, 2.75) is 38.4 Å². The van der Waals surface area contributed by atoms with Crippen molar-refractivity contribution in [3.63, 3.8) is 0 Å². The van der Waals surface area contributed by atoms with E-state index in [0.717, 1.165) is 35.9 Å². The summed E-state index contributed by atoms with van der Waals surface area (Å²) in [6.45, 7) is 7.06. The first kappa shape index (κ1) is 27.1. The summed E-state index contributed by atoms with van der Waals surface area (Å²) in [5.74, 6) is 0.245. The maximum Gasteiger partial charge on any atom is 0.420 e. The van der Waals surface area contributed by atoms with E-state index in [0.29, 0.717) is 17.2 Å². The zero-order valence-corrected chi connectivity index (χ0v) is 22.4. The number of halogens is 3. The third-order valence-electron chi connectivity index (χ3n) is 7.00. The molecule has 9 nitrogen and oxygen atoms in total. The van der Waals surface area contributed by atoms with Gasteiger partial charge in [0.2, 0.25) is 5.95 Å². The number of amides is 3. The fourth-order valence-electron chi connectivity index (χ4n) is 4.74. The van der Waals surface area contributed by atoms with Crippen molar-refractivity contribution < 1.29 is 27.5 Å². The van der Waals surface area contributed by atoms with Crippen LogP contribution in [0.2, 0.25) is 0 Å². The Morgan fingerprint density at radius 3 is 2.62 bits per heavy atom. The Kier molecular flexibility index (Phi) is 7.38. The van der Waals surface area contributed by atoms with Gasteiger partial charge in [0.15, 0.2) is 0 Å². The number of likely N-dealkylation sites (tertiary alicyclic amines) is 1. The molecule has 13 heteroatoms. The number of imide groups is 1. The average Bonchev–Trinajstić information content (AvgIpc) is 3.59. The van der Waals surface area contributed by atoms with E-state index in [1.54, 1.807) is 19.9 Å². The Balaban J connectivity index is 1.33. The van der Waals surface area contributed by atoms with Crippen LogP contribution in [0.1, 0.15) is 32.3 Å². The van der Waals surface area contributed by atoms with Crippen molar-refractivity contribution in [3.8, 4) is 16.3 Å². The summed E-state index contributed by atoms with van der Waals surface area (Å²) in [5.41, 5.74) is -2.20. The minimum absolute atomic E-state index is 0.00914. The number of rotatable bonds is 9. The van der Waals surface area contributed by atoms with E-state index in [1.807, 2.05) is 18.2 Å². The van der Waals surface area contributed by atoms with Crippen LogP contribution in [0.15, 0.2) is 30.5 Å². The molecule has 2 aliphatic heterocycles. The van der Waals surface area contributed by atoms with Crippen LogP contribution in [0.3, 0.4) is 0 Å². The monoisotopic (exact) mass is 562 g/mol. The zero-order chi connectivity index (χ0) is 27.8. The highest BCUT2D eigenvalue weighted by Crippen LogP contribution is 2.41. The smallest absolute Gasteiger partial charge is 0.420 e.